The minimum Gasteiger partial charge on any atom is -0.267 e. The number of hydrazone groups is 1. The van der Waals surface area contributed by atoms with E-state index in [4.69, 9.17) is 0 Å². The highest BCUT2D eigenvalue weighted by Crippen LogP contribution is 2.19. The summed E-state index contributed by atoms with van der Waals surface area (Å²) in [5.41, 5.74) is 7.15. The predicted molar refractivity (Wildman–Crippen MR) is 98.0 cm³/mol. The highest BCUT2D eigenvalue weighted by molar-refractivity contribution is 6.00. The van der Waals surface area contributed by atoms with E-state index in [2.05, 4.69) is 10.5 Å². The van der Waals surface area contributed by atoms with E-state index in [1.807, 2.05) is 91.9 Å². The normalized spacial score (nSPS) is 11.1. The summed E-state index contributed by atoms with van der Waals surface area (Å²) < 4.78 is 0. The summed E-state index contributed by atoms with van der Waals surface area (Å²) in [6.07, 6.45) is 0. The molecule has 0 saturated heterocycles. The summed E-state index contributed by atoms with van der Waals surface area (Å²) in [5.74, 6) is -0.218. The fourth-order valence-electron chi connectivity index (χ4n) is 2.39. The Morgan fingerprint density at radius 2 is 1.25 bits per heavy atom. The lowest BCUT2D eigenvalue weighted by Crippen LogP contribution is -2.19. The lowest BCUT2D eigenvalue weighted by Gasteiger charge is -2.05. The molecule has 0 atom stereocenters. The molecule has 3 rings (SSSR count). The topological polar surface area (TPSA) is 41.5 Å². The van der Waals surface area contributed by atoms with E-state index in [1.165, 1.54) is 0 Å². The largest absolute Gasteiger partial charge is 0.271 e. The average molecular weight is 314 g/mol. The van der Waals surface area contributed by atoms with Crippen LogP contribution in [0.2, 0.25) is 0 Å². The SMILES string of the molecule is CC(=NNC(=O)c1ccc(-c2ccccc2)cc1)c1ccccc1. The Bertz CT molecular complexity index is 838. The molecule has 0 heterocycles. The number of amides is 1. The van der Waals surface area contributed by atoms with E-state index in [0.717, 1.165) is 22.4 Å². The summed E-state index contributed by atoms with van der Waals surface area (Å²) in [5, 5.41) is 4.17. The zero-order valence-electron chi connectivity index (χ0n) is 13.4. The summed E-state index contributed by atoms with van der Waals surface area (Å²) in [6, 6.07) is 27.3. The highest BCUT2D eigenvalue weighted by Gasteiger charge is 2.05. The molecule has 0 aliphatic heterocycles. The van der Waals surface area contributed by atoms with Crippen molar-refractivity contribution in [3.05, 3.63) is 96.1 Å². The van der Waals surface area contributed by atoms with Gasteiger partial charge >= 0.3 is 0 Å². The van der Waals surface area contributed by atoms with Crippen molar-refractivity contribution >= 4 is 11.6 Å². The smallest absolute Gasteiger partial charge is 0.267 e. The Morgan fingerprint density at radius 3 is 1.88 bits per heavy atom. The number of hydrogen-bond donors (Lipinski definition) is 1. The van der Waals surface area contributed by atoms with Gasteiger partial charge in [-0.1, -0.05) is 72.8 Å². The molecule has 0 saturated carbocycles. The van der Waals surface area contributed by atoms with Crippen LogP contribution in [0.25, 0.3) is 11.1 Å². The summed E-state index contributed by atoms with van der Waals surface area (Å²) in [7, 11) is 0. The standard InChI is InChI=1S/C21H18N2O/c1-16(17-8-4-2-5-9-17)22-23-21(24)20-14-12-19(13-15-20)18-10-6-3-7-11-18/h2-15H,1H3,(H,23,24). The Balaban J connectivity index is 1.70. The molecule has 0 radical (unpaired) electrons. The van der Waals surface area contributed by atoms with Crippen LogP contribution >= 0.6 is 0 Å². The molecule has 118 valence electrons. The van der Waals surface area contributed by atoms with Crippen molar-refractivity contribution in [2.45, 2.75) is 6.92 Å². The molecule has 0 aliphatic rings. The Hall–Kier alpha value is -3.20. The molecule has 3 aromatic carbocycles. The van der Waals surface area contributed by atoms with E-state index in [0.29, 0.717) is 5.56 Å². The second-order valence-corrected chi connectivity index (χ2v) is 5.45. The molecular formula is C21H18N2O. The van der Waals surface area contributed by atoms with Gasteiger partial charge < -0.3 is 0 Å². The molecule has 0 spiro atoms. The van der Waals surface area contributed by atoms with Gasteiger partial charge in [-0.05, 0) is 35.7 Å². The zero-order valence-corrected chi connectivity index (χ0v) is 13.4. The van der Waals surface area contributed by atoms with Crippen molar-refractivity contribution in [3.63, 3.8) is 0 Å². The van der Waals surface area contributed by atoms with E-state index in [1.54, 1.807) is 0 Å². The van der Waals surface area contributed by atoms with Gasteiger partial charge in [-0.15, -0.1) is 0 Å². The van der Waals surface area contributed by atoms with Crippen LogP contribution in [0.1, 0.15) is 22.8 Å². The van der Waals surface area contributed by atoms with E-state index in [9.17, 15) is 4.79 Å². The molecule has 3 nitrogen and oxygen atoms in total. The number of carbonyl (C=O) groups is 1. The minimum atomic E-state index is -0.218. The number of nitrogens with one attached hydrogen (secondary N) is 1. The van der Waals surface area contributed by atoms with Gasteiger partial charge in [-0.2, -0.15) is 5.10 Å². The van der Waals surface area contributed by atoms with Crippen LogP contribution in [-0.4, -0.2) is 11.6 Å². The first-order chi connectivity index (χ1) is 11.7. The van der Waals surface area contributed by atoms with Gasteiger partial charge in [0.05, 0.1) is 5.71 Å². The summed E-state index contributed by atoms with van der Waals surface area (Å²) >= 11 is 0. The van der Waals surface area contributed by atoms with Crippen molar-refractivity contribution in [3.8, 4) is 11.1 Å². The predicted octanol–water partition coefficient (Wildman–Crippen LogP) is 4.51. The lowest BCUT2D eigenvalue weighted by molar-refractivity contribution is 0.0955. The third-order valence-corrected chi connectivity index (χ3v) is 3.77. The van der Waals surface area contributed by atoms with E-state index < -0.39 is 0 Å². The van der Waals surface area contributed by atoms with Crippen LogP contribution < -0.4 is 5.43 Å². The third-order valence-electron chi connectivity index (χ3n) is 3.77. The summed E-state index contributed by atoms with van der Waals surface area (Å²) in [4.78, 5) is 12.2. The van der Waals surface area contributed by atoms with Crippen molar-refractivity contribution in [1.82, 2.24) is 5.43 Å². The van der Waals surface area contributed by atoms with Crippen LogP contribution in [0.3, 0.4) is 0 Å². The number of nitrogens with zero attached hydrogens (tertiary/aromatic N) is 1. The fourth-order valence-corrected chi connectivity index (χ4v) is 2.39. The summed E-state index contributed by atoms with van der Waals surface area (Å²) in [6.45, 7) is 1.87. The van der Waals surface area contributed by atoms with E-state index >= 15 is 0 Å². The van der Waals surface area contributed by atoms with Gasteiger partial charge in [0.15, 0.2) is 0 Å². The number of hydrogen-bond acceptors (Lipinski definition) is 2. The van der Waals surface area contributed by atoms with Gasteiger partial charge in [0.25, 0.3) is 5.91 Å². The van der Waals surface area contributed by atoms with Crippen LogP contribution in [0.15, 0.2) is 90.0 Å². The van der Waals surface area contributed by atoms with Crippen LogP contribution in [0.4, 0.5) is 0 Å². The maximum absolute atomic E-state index is 12.2. The van der Waals surface area contributed by atoms with Crippen molar-refractivity contribution in [2.75, 3.05) is 0 Å². The first-order valence-electron chi connectivity index (χ1n) is 7.79. The van der Waals surface area contributed by atoms with Crippen LogP contribution in [-0.2, 0) is 0 Å². The Morgan fingerprint density at radius 1 is 0.708 bits per heavy atom. The van der Waals surface area contributed by atoms with Gasteiger partial charge in [-0.3, -0.25) is 4.79 Å². The molecule has 0 fully saturated rings. The molecule has 24 heavy (non-hydrogen) atoms. The molecule has 1 N–H and O–H groups in total. The van der Waals surface area contributed by atoms with Gasteiger partial charge in [-0.25, -0.2) is 5.43 Å². The monoisotopic (exact) mass is 314 g/mol. The number of rotatable bonds is 4. The van der Waals surface area contributed by atoms with Crippen molar-refractivity contribution in [2.24, 2.45) is 5.10 Å². The molecule has 0 aromatic heterocycles. The van der Waals surface area contributed by atoms with Gasteiger partial charge in [0, 0.05) is 5.56 Å². The molecule has 0 aliphatic carbocycles. The molecule has 0 unspecified atom stereocenters. The number of benzene rings is 3. The molecule has 1 amide bonds. The lowest BCUT2D eigenvalue weighted by atomic mass is 10.0. The maximum atomic E-state index is 12.2. The molecule has 0 bridgehead atoms. The highest BCUT2D eigenvalue weighted by atomic mass is 16.2. The average Bonchev–Trinajstić information content (AvgIpc) is 2.67. The second kappa shape index (κ2) is 7.38. The molecule has 3 aromatic rings. The minimum absolute atomic E-state index is 0.218. The maximum Gasteiger partial charge on any atom is 0.271 e. The Kier molecular flexibility index (Phi) is 4.82. The van der Waals surface area contributed by atoms with Gasteiger partial charge in [0.2, 0.25) is 0 Å². The molecule has 3 heteroatoms. The quantitative estimate of drug-likeness (QED) is 0.559. The second-order valence-electron chi connectivity index (χ2n) is 5.45. The molecular weight excluding hydrogens is 296 g/mol. The fraction of sp³-hybridized carbons (Fsp3) is 0.0476. The van der Waals surface area contributed by atoms with Crippen molar-refractivity contribution in [1.29, 1.82) is 0 Å². The first-order valence-corrected chi connectivity index (χ1v) is 7.79. The van der Waals surface area contributed by atoms with Crippen molar-refractivity contribution < 1.29 is 4.79 Å². The number of carbonyl (C=O) groups excluding carboxylic acids is 1. The van der Waals surface area contributed by atoms with Crippen LogP contribution in [0, 0.1) is 0 Å². The van der Waals surface area contributed by atoms with Crippen LogP contribution in [0.5, 0.6) is 0 Å². The third kappa shape index (κ3) is 3.76. The zero-order chi connectivity index (χ0) is 16.8. The first kappa shape index (κ1) is 15.7. The Labute approximate surface area is 141 Å². The van der Waals surface area contributed by atoms with E-state index in [-0.39, 0.29) is 5.91 Å². The van der Waals surface area contributed by atoms with Gasteiger partial charge in [0.1, 0.15) is 0 Å².